The molecule has 0 saturated heterocycles. The molecule has 1 aliphatic carbocycles. The molecule has 1 atom stereocenters. The monoisotopic (exact) mass is 511 g/mol. The van der Waals surface area contributed by atoms with Crippen molar-refractivity contribution in [2.24, 2.45) is 0 Å². The van der Waals surface area contributed by atoms with Crippen molar-refractivity contribution in [3.8, 4) is 28.2 Å². The van der Waals surface area contributed by atoms with Crippen LogP contribution in [-0.4, -0.2) is 14.5 Å². The fourth-order valence-electron chi connectivity index (χ4n) is 6.54. The van der Waals surface area contributed by atoms with E-state index in [-0.39, 0.29) is 0 Å². The molecule has 0 spiro atoms. The maximum atomic E-state index is 5.18. The van der Waals surface area contributed by atoms with E-state index in [0.717, 1.165) is 33.7 Å². The Balaban J connectivity index is 1.46. The number of imidazole rings is 1. The van der Waals surface area contributed by atoms with Crippen LogP contribution in [0.15, 0.2) is 152 Å². The van der Waals surface area contributed by atoms with Crippen LogP contribution in [-0.2, 0) is 5.41 Å². The molecular formula is C37H25N3. The second kappa shape index (κ2) is 8.89. The smallest absolute Gasteiger partial charge is 0.145 e. The fraction of sp³-hybridized carbons (Fsp3) is 0.0270. The summed E-state index contributed by atoms with van der Waals surface area (Å²) < 4.78 is 2.27. The van der Waals surface area contributed by atoms with Crippen molar-refractivity contribution in [2.75, 3.05) is 0 Å². The van der Waals surface area contributed by atoms with E-state index in [0.29, 0.717) is 0 Å². The zero-order valence-electron chi connectivity index (χ0n) is 21.8. The van der Waals surface area contributed by atoms with Crippen molar-refractivity contribution < 1.29 is 0 Å². The van der Waals surface area contributed by atoms with Crippen LogP contribution in [0, 0.1) is 0 Å². The number of para-hydroxylation sites is 3. The van der Waals surface area contributed by atoms with E-state index in [1.54, 1.807) is 0 Å². The third-order valence-electron chi connectivity index (χ3n) is 8.18. The second-order valence-electron chi connectivity index (χ2n) is 10.3. The molecule has 0 fully saturated rings. The SMILES string of the molecule is c1ccc(-n2c(-c3ccc4c(c3)C(c3ccccc3)(c3cccnc3)c3ccccc3-4)nc3ccccc32)cc1. The quantitative estimate of drug-likeness (QED) is 0.237. The Morgan fingerprint density at radius 2 is 1.25 bits per heavy atom. The lowest BCUT2D eigenvalue weighted by molar-refractivity contribution is 0.763. The maximum Gasteiger partial charge on any atom is 0.145 e. The first kappa shape index (κ1) is 22.7. The number of rotatable bonds is 4. The number of pyridine rings is 1. The molecule has 40 heavy (non-hydrogen) atoms. The van der Waals surface area contributed by atoms with Crippen molar-refractivity contribution in [3.05, 3.63) is 174 Å². The Morgan fingerprint density at radius 1 is 0.550 bits per heavy atom. The molecule has 1 unspecified atom stereocenters. The zero-order chi connectivity index (χ0) is 26.5. The van der Waals surface area contributed by atoms with E-state index in [9.17, 15) is 0 Å². The maximum absolute atomic E-state index is 5.18. The number of benzene rings is 5. The van der Waals surface area contributed by atoms with Gasteiger partial charge in [-0.2, -0.15) is 0 Å². The highest BCUT2D eigenvalue weighted by Gasteiger charge is 2.46. The van der Waals surface area contributed by atoms with Gasteiger partial charge in [0.05, 0.1) is 16.4 Å². The van der Waals surface area contributed by atoms with Crippen molar-refractivity contribution in [2.45, 2.75) is 5.41 Å². The Kier molecular flexibility index (Phi) is 5.04. The molecule has 2 aromatic heterocycles. The lowest BCUT2D eigenvalue weighted by Crippen LogP contribution is -2.28. The van der Waals surface area contributed by atoms with Gasteiger partial charge in [-0.15, -0.1) is 0 Å². The summed E-state index contributed by atoms with van der Waals surface area (Å²) in [5.41, 5.74) is 11.1. The highest BCUT2D eigenvalue weighted by atomic mass is 15.1. The van der Waals surface area contributed by atoms with Gasteiger partial charge in [0.25, 0.3) is 0 Å². The molecule has 1 aliphatic rings. The largest absolute Gasteiger partial charge is 0.292 e. The summed E-state index contributed by atoms with van der Waals surface area (Å²) in [4.78, 5) is 9.77. The summed E-state index contributed by atoms with van der Waals surface area (Å²) >= 11 is 0. The van der Waals surface area contributed by atoms with Gasteiger partial charge in [0.15, 0.2) is 0 Å². The first-order valence-electron chi connectivity index (χ1n) is 13.6. The average molecular weight is 512 g/mol. The molecule has 0 saturated carbocycles. The summed E-state index contributed by atoms with van der Waals surface area (Å²) in [6.45, 7) is 0. The Bertz CT molecular complexity index is 1950. The van der Waals surface area contributed by atoms with Crippen LogP contribution < -0.4 is 0 Å². The number of hydrogen-bond acceptors (Lipinski definition) is 2. The lowest BCUT2D eigenvalue weighted by Gasteiger charge is -2.33. The Labute approximate surface area is 233 Å². The molecule has 2 heterocycles. The van der Waals surface area contributed by atoms with Crippen LogP contribution in [0.5, 0.6) is 0 Å². The number of hydrogen-bond donors (Lipinski definition) is 0. The van der Waals surface area contributed by atoms with E-state index < -0.39 is 5.41 Å². The van der Waals surface area contributed by atoms with E-state index in [4.69, 9.17) is 4.98 Å². The highest BCUT2D eigenvalue weighted by Crippen LogP contribution is 2.56. The minimum Gasteiger partial charge on any atom is -0.292 e. The molecule has 188 valence electrons. The van der Waals surface area contributed by atoms with Gasteiger partial charge in [-0.1, -0.05) is 103 Å². The number of nitrogens with zero attached hydrogens (tertiary/aromatic N) is 3. The van der Waals surface area contributed by atoms with E-state index >= 15 is 0 Å². The predicted octanol–water partition coefficient (Wildman–Crippen LogP) is 8.45. The Hall–Kier alpha value is -5.28. The van der Waals surface area contributed by atoms with Gasteiger partial charge in [-0.05, 0) is 69.8 Å². The highest BCUT2D eigenvalue weighted by molar-refractivity contribution is 5.89. The lowest BCUT2D eigenvalue weighted by atomic mass is 9.68. The molecule has 0 amide bonds. The minimum absolute atomic E-state index is 0.499. The molecule has 8 rings (SSSR count). The number of aromatic nitrogens is 3. The third-order valence-corrected chi connectivity index (χ3v) is 8.18. The molecule has 0 aliphatic heterocycles. The minimum atomic E-state index is -0.499. The van der Waals surface area contributed by atoms with E-state index in [1.165, 1.54) is 27.8 Å². The topological polar surface area (TPSA) is 30.7 Å². The predicted molar refractivity (Wildman–Crippen MR) is 162 cm³/mol. The van der Waals surface area contributed by atoms with Crippen molar-refractivity contribution in [1.29, 1.82) is 0 Å². The third kappa shape index (κ3) is 3.18. The van der Waals surface area contributed by atoms with Gasteiger partial charge >= 0.3 is 0 Å². The molecule has 3 heteroatoms. The van der Waals surface area contributed by atoms with Gasteiger partial charge in [-0.3, -0.25) is 9.55 Å². The summed E-state index contributed by atoms with van der Waals surface area (Å²) in [5, 5.41) is 0. The fourth-order valence-corrected chi connectivity index (χ4v) is 6.54. The summed E-state index contributed by atoms with van der Waals surface area (Å²) in [6, 6.07) is 49.6. The second-order valence-corrected chi connectivity index (χ2v) is 10.3. The van der Waals surface area contributed by atoms with E-state index in [1.807, 2.05) is 18.5 Å². The molecule has 7 aromatic rings. The normalized spacial score (nSPS) is 15.6. The van der Waals surface area contributed by atoms with Gasteiger partial charge in [0.2, 0.25) is 0 Å². The van der Waals surface area contributed by atoms with E-state index in [2.05, 4.69) is 143 Å². The van der Waals surface area contributed by atoms with Gasteiger partial charge in [0, 0.05) is 23.6 Å². The van der Waals surface area contributed by atoms with Gasteiger partial charge in [0.1, 0.15) is 5.82 Å². The van der Waals surface area contributed by atoms with Gasteiger partial charge < -0.3 is 0 Å². The van der Waals surface area contributed by atoms with Crippen LogP contribution in [0.3, 0.4) is 0 Å². The standard InChI is InChI=1S/C37H25N3/c1-3-12-27(13-4-1)37(28-14-11-23-38-25-28)32-18-8-7-17-30(32)31-22-21-26(24-33(31)37)36-39-34-19-9-10-20-35(34)40(36)29-15-5-2-6-16-29/h1-25H. The zero-order valence-corrected chi connectivity index (χ0v) is 21.8. The first-order chi connectivity index (χ1) is 19.9. The van der Waals surface area contributed by atoms with Gasteiger partial charge in [-0.25, -0.2) is 4.98 Å². The summed E-state index contributed by atoms with van der Waals surface area (Å²) in [7, 11) is 0. The van der Waals surface area contributed by atoms with Crippen molar-refractivity contribution in [1.82, 2.24) is 14.5 Å². The molecular weight excluding hydrogens is 486 g/mol. The molecule has 5 aromatic carbocycles. The molecule has 0 radical (unpaired) electrons. The number of fused-ring (bicyclic) bond motifs is 4. The van der Waals surface area contributed by atoms with Crippen LogP contribution >= 0.6 is 0 Å². The molecule has 0 bridgehead atoms. The Morgan fingerprint density at radius 3 is 2.08 bits per heavy atom. The van der Waals surface area contributed by atoms with Crippen LogP contribution in [0.25, 0.3) is 39.2 Å². The summed E-state index contributed by atoms with van der Waals surface area (Å²) in [6.07, 6.45) is 3.87. The average Bonchev–Trinajstić information content (AvgIpc) is 3.57. The van der Waals surface area contributed by atoms with Crippen molar-refractivity contribution >= 4 is 11.0 Å². The summed E-state index contributed by atoms with van der Waals surface area (Å²) in [5.74, 6) is 0.930. The molecule has 3 nitrogen and oxygen atoms in total. The first-order valence-corrected chi connectivity index (χ1v) is 13.6. The van der Waals surface area contributed by atoms with Crippen LogP contribution in [0.2, 0.25) is 0 Å². The van der Waals surface area contributed by atoms with Crippen molar-refractivity contribution in [3.63, 3.8) is 0 Å². The molecule has 0 N–H and O–H groups in total. The van der Waals surface area contributed by atoms with Crippen LogP contribution in [0.4, 0.5) is 0 Å². The van der Waals surface area contributed by atoms with Crippen LogP contribution in [0.1, 0.15) is 22.3 Å².